The van der Waals surface area contributed by atoms with E-state index in [2.05, 4.69) is 0 Å². The van der Waals surface area contributed by atoms with E-state index in [1.807, 2.05) is 6.92 Å². The molecule has 1 fully saturated rings. The first-order valence-electron chi connectivity index (χ1n) is 4.54. The molecule has 0 saturated heterocycles. The van der Waals surface area contributed by atoms with Crippen LogP contribution in [0.15, 0.2) is 0 Å². The third-order valence-electron chi connectivity index (χ3n) is 2.77. The molecule has 2 unspecified atom stereocenters. The van der Waals surface area contributed by atoms with Crippen molar-refractivity contribution in [2.75, 3.05) is 0 Å². The minimum Gasteiger partial charge on any atom is -0.372 e. The molecule has 78 valence electrons. The van der Waals surface area contributed by atoms with Gasteiger partial charge in [0.15, 0.2) is 4.93 Å². The Kier molecular flexibility index (Phi) is 2.99. The molecule has 13 heavy (non-hydrogen) atoms. The SMILES string of the molecule is CC1CCCC(O)(S(=O)(=O)O)CC1. The van der Waals surface area contributed by atoms with Crippen LogP contribution in [0.25, 0.3) is 0 Å². The number of hydrogen-bond donors (Lipinski definition) is 2. The average Bonchev–Trinajstić information content (AvgIpc) is 2.13. The van der Waals surface area contributed by atoms with Gasteiger partial charge in [0.05, 0.1) is 0 Å². The second-order valence-corrected chi connectivity index (χ2v) is 5.67. The fourth-order valence-corrected chi connectivity index (χ4v) is 2.50. The standard InChI is InChI=1S/C8H16O4S/c1-7-3-2-5-8(9,6-4-7)13(10,11)12/h7,9H,2-6H2,1H3,(H,10,11,12). The normalized spacial score (nSPS) is 37.0. The van der Waals surface area contributed by atoms with Crippen molar-refractivity contribution in [3.8, 4) is 0 Å². The highest BCUT2D eigenvalue weighted by Crippen LogP contribution is 2.33. The van der Waals surface area contributed by atoms with Crippen LogP contribution in [-0.2, 0) is 10.1 Å². The Morgan fingerprint density at radius 1 is 1.31 bits per heavy atom. The van der Waals surface area contributed by atoms with Gasteiger partial charge < -0.3 is 5.11 Å². The predicted molar refractivity (Wildman–Crippen MR) is 48.7 cm³/mol. The van der Waals surface area contributed by atoms with Crippen LogP contribution in [0, 0.1) is 5.92 Å². The van der Waals surface area contributed by atoms with Gasteiger partial charge in [-0.25, -0.2) is 0 Å². The summed E-state index contributed by atoms with van der Waals surface area (Å²) in [6.45, 7) is 2.02. The molecule has 1 rings (SSSR count). The van der Waals surface area contributed by atoms with Crippen LogP contribution < -0.4 is 0 Å². The van der Waals surface area contributed by atoms with Crippen molar-refractivity contribution in [2.45, 2.75) is 44.0 Å². The van der Waals surface area contributed by atoms with E-state index in [-0.39, 0.29) is 12.8 Å². The Bertz CT molecular complexity index is 272. The molecule has 1 saturated carbocycles. The van der Waals surface area contributed by atoms with Gasteiger partial charge in [0.25, 0.3) is 10.1 Å². The van der Waals surface area contributed by atoms with Crippen LogP contribution in [0.4, 0.5) is 0 Å². The maximum Gasteiger partial charge on any atom is 0.294 e. The van der Waals surface area contributed by atoms with E-state index in [0.29, 0.717) is 18.8 Å². The summed E-state index contributed by atoms with van der Waals surface area (Å²) < 4.78 is 30.6. The lowest BCUT2D eigenvalue weighted by Crippen LogP contribution is -2.37. The lowest BCUT2D eigenvalue weighted by Gasteiger charge is -2.22. The van der Waals surface area contributed by atoms with Crippen molar-refractivity contribution in [1.82, 2.24) is 0 Å². The quantitative estimate of drug-likeness (QED) is 0.501. The molecule has 0 aliphatic heterocycles. The number of hydrogen-bond acceptors (Lipinski definition) is 3. The van der Waals surface area contributed by atoms with Gasteiger partial charge in [-0.2, -0.15) is 8.42 Å². The van der Waals surface area contributed by atoms with Crippen LogP contribution in [0.3, 0.4) is 0 Å². The van der Waals surface area contributed by atoms with E-state index in [1.165, 1.54) is 0 Å². The van der Waals surface area contributed by atoms with Gasteiger partial charge in [-0.3, -0.25) is 4.55 Å². The minimum absolute atomic E-state index is 0.146. The molecule has 0 heterocycles. The predicted octanol–water partition coefficient (Wildman–Crippen LogP) is 1.16. The third-order valence-corrected chi connectivity index (χ3v) is 4.14. The molecule has 0 aromatic heterocycles. The minimum atomic E-state index is -4.32. The highest BCUT2D eigenvalue weighted by Gasteiger charge is 2.41. The summed E-state index contributed by atoms with van der Waals surface area (Å²) in [5.41, 5.74) is 0. The van der Waals surface area contributed by atoms with Crippen LogP contribution in [0.1, 0.15) is 39.0 Å². The lowest BCUT2D eigenvalue weighted by atomic mass is 10.0. The largest absolute Gasteiger partial charge is 0.372 e. The molecule has 0 amide bonds. The van der Waals surface area contributed by atoms with Crippen LogP contribution in [0.2, 0.25) is 0 Å². The Balaban J connectivity index is 2.80. The van der Waals surface area contributed by atoms with Crippen LogP contribution >= 0.6 is 0 Å². The maximum absolute atomic E-state index is 10.9. The molecule has 2 N–H and O–H groups in total. The zero-order valence-electron chi connectivity index (χ0n) is 7.73. The van der Waals surface area contributed by atoms with E-state index in [0.717, 1.165) is 6.42 Å². The van der Waals surface area contributed by atoms with Gasteiger partial charge in [-0.05, 0) is 31.6 Å². The Hall–Kier alpha value is -0.130. The van der Waals surface area contributed by atoms with E-state index in [4.69, 9.17) is 4.55 Å². The van der Waals surface area contributed by atoms with Crippen molar-refractivity contribution >= 4 is 10.1 Å². The molecular formula is C8H16O4S. The summed E-state index contributed by atoms with van der Waals surface area (Å²) in [4.78, 5) is -1.89. The number of rotatable bonds is 1. The van der Waals surface area contributed by atoms with Crippen LogP contribution in [-0.4, -0.2) is 23.0 Å². The van der Waals surface area contributed by atoms with Crippen molar-refractivity contribution in [1.29, 1.82) is 0 Å². The summed E-state index contributed by atoms with van der Waals surface area (Å²) in [6.07, 6.45) is 2.51. The van der Waals surface area contributed by atoms with Crippen molar-refractivity contribution in [3.05, 3.63) is 0 Å². The zero-order chi connectivity index (χ0) is 10.1. The summed E-state index contributed by atoms with van der Waals surface area (Å²) >= 11 is 0. The molecular weight excluding hydrogens is 192 g/mol. The molecule has 0 radical (unpaired) electrons. The first-order chi connectivity index (χ1) is 5.85. The van der Waals surface area contributed by atoms with Crippen molar-refractivity contribution < 1.29 is 18.1 Å². The van der Waals surface area contributed by atoms with Gasteiger partial charge in [-0.15, -0.1) is 0 Å². The zero-order valence-corrected chi connectivity index (χ0v) is 8.55. The smallest absolute Gasteiger partial charge is 0.294 e. The first kappa shape index (κ1) is 10.9. The average molecular weight is 208 g/mol. The van der Waals surface area contributed by atoms with Crippen molar-refractivity contribution in [2.24, 2.45) is 5.92 Å². The molecule has 2 atom stereocenters. The van der Waals surface area contributed by atoms with E-state index >= 15 is 0 Å². The number of aliphatic hydroxyl groups is 1. The third kappa shape index (κ3) is 2.42. The molecule has 5 heteroatoms. The van der Waals surface area contributed by atoms with Gasteiger partial charge in [-0.1, -0.05) is 13.3 Å². The molecule has 0 spiro atoms. The first-order valence-corrected chi connectivity index (χ1v) is 5.98. The highest BCUT2D eigenvalue weighted by atomic mass is 32.2. The Morgan fingerprint density at radius 2 is 1.92 bits per heavy atom. The summed E-state index contributed by atoms with van der Waals surface area (Å²) in [5, 5.41) is 9.67. The van der Waals surface area contributed by atoms with Gasteiger partial charge in [0.2, 0.25) is 0 Å². The van der Waals surface area contributed by atoms with Gasteiger partial charge in [0, 0.05) is 0 Å². The molecule has 0 bridgehead atoms. The summed E-state index contributed by atoms with van der Waals surface area (Å²) in [5.74, 6) is 0.427. The Labute approximate surface area is 78.7 Å². The second-order valence-electron chi connectivity index (χ2n) is 3.96. The monoisotopic (exact) mass is 208 g/mol. The lowest BCUT2D eigenvalue weighted by molar-refractivity contribution is 0.0959. The molecule has 4 nitrogen and oxygen atoms in total. The molecule has 1 aliphatic carbocycles. The molecule has 0 aromatic rings. The topological polar surface area (TPSA) is 74.6 Å². The fourth-order valence-electron chi connectivity index (χ4n) is 1.73. The molecule has 0 aromatic carbocycles. The fraction of sp³-hybridized carbons (Fsp3) is 1.00. The summed E-state index contributed by atoms with van der Waals surface area (Å²) in [6, 6.07) is 0. The second kappa shape index (κ2) is 3.55. The van der Waals surface area contributed by atoms with E-state index < -0.39 is 15.1 Å². The maximum atomic E-state index is 10.9. The molecule has 1 aliphatic rings. The van der Waals surface area contributed by atoms with Gasteiger partial charge in [0.1, 0.15) is 0 Å². The van der Waals surface area contributed by atoms with Crippen molar-refractivity contribution in [3.63, 3.8) is 0 Å². The summed E-state index contributed by atoms with van der Waals surface area (Å²) in [7, 11) is -4.32. The van der Waals surface area contributed by atoms with Gasteiger partial charge >= 0.3 is 0 Å². The van der Waals surface area contributed by atoms with E-state index in [9.17, 15) is 13.5 Å². The Morgan fingerprint density at radius 3 is 2.46 bits per heavy atom. The van der Waals surface area contributed by atoms with Crippen LogP contribution in [0.5, 0.6) is 0 Å². The van der Waals surface area contributed by atoms with E-state index in [1.54, 1.807) is 0 Å². The highest BCUT2D eigenvalue weighted by molar-refractivity contribution is 7.87.